The summed E-state index contributed by atoms with van der Waals surface area (Å²) in [6.07, 6.45) is 2.24. The summed E-state index contributed by atoms with van der Waals surface area (Å²) in [5.74, 6) is -5.22. The lowest BCUT2D eigenvalue weighted by atomic mass is 9.95. The number of sulfonamides is 1. The Balaban J connectivity index is 1.48. The largest absolute Gasteiger partial charge is 0.335 e. The molecule has 0 radical (unpaired) electrons. The van der Waals surface area contributed by atoms with E-state index in [0.717, 1.165) is 12.1 Å². The Morgan fingerprint density at radius 1 is 0.923 bits per heavy atom. The van der Waals surface area contributed by atoms with Gasteiger partial charge in [-0.25, -0.2) is 12.8 Å². The van der Waals surface area contributed by atoms with Crippen LogP contribution < -0.4 is 10.5 Å². The molecule has 2 aliphatic rings. The summed E-state index contributed by atoms with van der Waals surface area (Å²) in [5, 5.41) is 0. The van der Waals surface area contributed by atoms with Gasteiger partial charge < -0.3 is 10.6 Å². The van der Waals surface area contributed by atoms with Gasteiger partial charge in [0.15, 0.2) is 6.04 Å². The number of fused-ring (bicyclic) bond motifs is 2. The molecule has 6 nitrogen and oxygen atoms in total. The zero-order chi connectivity index (χ0) is 27.9. The Morgan fingerprint density at radius 3 is 1.97 bits per heavy atom. The van der Waals surface area contributed by atoms with Gasteiger partial charge in [0, 0.05) is 28.2 Å². The number of carbonyl (C=O) groups is 1. The van der Waals surface area contributed by atoms with Crippen molar-refractivity contribution < 1.29 is 26.4 Å². The molecule has 3 N–H and O–H groups in total. The van der Waals surface area contributed by atoms with E-state index in [1.807, 2.05) is 4.72 Å². The number of rotatable bonds is 7. The molecule has 206 valence electrons. The minimum absolute atomic E-state index is 0.131. The van der Waals surface area contributed by atoms with Crippen LogP contribution in [0.2, 0.25) is 0 Å². The van der Waals surface area contributed by atoms with Crippen LogP contribution in [0.4, 0.5) is 13.2 Å². The van der Waals surface area contributed by atoms with E-state index in [1.54, 1.807) is 12.1 Å². The van der Waals surface area contributed by atoms with Crippen LogP contribution in [0.3, 0.4) is 0 Å². The monoisotopic (exact) mass is 621 g/mol. The molecule has 3 atom stereocenters. The Bertz CT molecular complexity index is 1440. The van der Waals surface area contributed by atoms with Crippen molar-refractivity contribution in [1.82, 2.24) is 9.62 Å². The average molecular weight is 623 g/mol. The van der Waals surface area contributed by atoms with Crippen molar-refractivity contribution in [2.24, 2.45) is 5.73 Å². The predicted molar refractivity (Wildman–Crippen MR) is 145 cm³/mol. The number of piperidine rings is 1. The molecule has 2 aliphatic heterocycles. The second-order valence-corrected chi connectivity index (χ2v) is 12.7. The SMILES string of the molecule is NC1CC2CCC(C1)N2C(=O)[C@H](NS(=O)(=O)c1ccc(-c2ccc(F)cc2)cc1)C(F)(F)c1ccc(Br)cc1. The van der Waals surface area contributed by atoms with Gasteiger partial charge in [-0.3, -0.25) is 4.79 Å². The van der Waals surface area contributed by atoms with E-state index < -0.39 is 39.3 Å². The fourth-order valence-corrected chi connectivity index (χ4v) is 6.99. The second kappa shape index (κ2) is 10.7. The van der Waals surface area contributed by atoms with Crippen LogP contribution in [0.1, 0.15) is 31.2 Å². The Hall–Kier alpha value is -2.73. The third-order valence-corrected chi connectivity index (χ3v) is 9.45. The van der Waals surface area contributed by atoms with Crippen LogP contribution in [0, 0.1) is 5.82 Å². The summed E-state index contributed by atoms with van der Waals surface area (Å²) in [5.41, 5.74) is 6.89. The molecule has 2 heterocycles. The van der Waals surface area contributed by atoms with Crippen molar-refractivity contribution >= 4 is 31.9 Å². The van der Waals surface area contributed by atoms with Crippen molar-refractivity contribution in [1.29, 1.82) is 0 Å². The third kappa shape index (κ3) is 5.63. The van der Waals surface area contributed by atoms with Gasteiger partial charge in [-0.1, -0.05) is 52.3 Å². The number of alkyl halides is 2. The summed E-state index contributed by atoms with van der Waals surface area (Å²) < 4.78 is 74.7. The number of hydrogen-bond acceptors (Lipinski definition) is 4. The summed E-state index contributed by atoms with van der Waals surface area (Å²) in [6.45, 7) is 0. The minimum Gasteiger partial charge on any atom is -0.335 e. The number of amides is 1. The number of nitrogens with one attached hydrogen (secondary N) is 1. The predicted octanol–water partition coefficient (Wildman–Crippen LogP) is 5.17. The van der Waals surface area contributed by atoms with Crippen molar-refractivity contribution in [3.8, 4) is 11.1 Å². The number of hydrogen-bond donors (Lipinski definition) is 2. The number of benzene rings is 3. The molecule has 0 spiro atoms. The number of nitrogens with two attached hydrogens (primary N) is 1. The first-order valence-corrected chi connectivity index (χ1v) is 14.8. The standard InChI is InChI=1S/C28H27BrF3N3O3S/c29-20-7-5-19(6-8-20)28(31,32)26(27(36)35-23-11-12-24(35)16-22(33)15-23)34-39(37,38)25-13-3-18(4-14-25)17-1-9-21(30)10-2-17/h1-10,13-14,22-24,26,34H,11-12,15-16,33H2/t22?,23?,24?,26-/m0/s1. The van der Waals surface area contributed by atoms with Crippen molar-refractivity contribution in [2.75, 3.05) is 0 Å². The Labute approximate surface area is 233 Å². The van der Waals surface area contributed by atoms with Gasteiger partial charge in [0.2, 0.25) is 15.9 Å². The summed E-state index contributed by atoms with van der Waals surface area (Å²) in [7, 11) is -4.54. The lowest BCUT2D eigenvalue weighted by Crippen LogP contribution is -2.60. The van der Waals surface area contributed by atoms with Crippen LogP contribution >= 0.6 is 15.9 Å². The van der Waals surface area contributed by atoms with Crippen molar-refractivity contribution in [3.05, 3.63) is 88.6 Å². The molecule has 2 fully saturated rings. The van der Waals surface area contributed by atoms with Crippen molar-refractivity contribution in [2.45, 2.75) is 60.7 Å². The maximum absolute atomic E-state index is 16.0. The third-order valence-electron chi connectivity index (χ3n) is 7.48. The molecule has 0 aromatic heterocycles. The number of nitrogens with zero attached hydrogens (tertiary/aromatic N) is 1. The highest BCUT2D eigenvalue weighted by Gasteiger charge is 2.53. The van der Waals surface area contributed by atoms with Gasteiger partial charge in [-0.05, 0) is 73.2 Å². The first-order valence-electron chi connectivity index (χ1n) is 12.6. The molecule has 2 unspecified atom stereocenters. The fourth-order valence-electron chi connectivity index (χ4n) is 5.54. The van der Waals surface area contributed by atoms with Crippen LogP contribution in [0.25, 0.3) is 11.1 Å². The normalized spacial score (nSPS) is 22.1. The van der Waals surface area contributed by atoms with E-state index in [-0.39, 0.29) is 23.0 Å². The zero-order valence-corrected chi connectivity index (χ0v) is 23.1. The number of carbonyl (C=O) groups excluding carboxylic acids is 1. The van der Waals surface area contributed by atoms with Gasteiger partial charge in [0.05, 0.1) is 4.90 Å². The van der Waals surface area contributed by atoms with E-state index in [0.29, 0.717) is 41.3 Å². The fraction of sp³-hybridized carbons (Fsp3) is 0.321. The Morgan fingerprint density at radius 2 is 1.44 bits per heavy atom. The maximum atomic E-state index is 16.0. The molecule has 2 bridgehead atoms. The second-order valence-electron chi connectivity index (χ2n) is 10.1. The topological polar surface area (TPSA) is 92.5 Å². The first-order chi connectivity index (χ1) is 18.5. The van der Waals surface area contributed by atoms with E-state index in [1.165, 1.54) is 53.4 Å². The summed E-state index contributed by atoms with van der Waals surface area (Å²) in [6, 6.07) is 13.2. The molecule has 39 heavy (non-hydrogen) atoms. The van der Waals surface area contributed by atoms with Crippen LogP contribution in [0.15, 0.2) is 82.2 Å². The lowest BCUT2D eigenvalue weighted by molar-refractivity contribution is -0.149. The zero-order valence-electron chi connectivity index (χ0n) is 20.7. The lowest BCUT2D eigenvalue weighted by Gasteiger charge is -2.41. The van der Waals surface area contributed by atoms with E-state index in [2.05, 4.69) is 15.9 Å². The highest BCUT2D eigenvalue weighted by molar-refractivity contribution is 9.10. The van der Waals surface area contributed by atoms with Crippen LogP contribution in [-0.4, -0.2) is 43.4 Å². The molecular formula is C28H27BrF3N3O3S. The summed E-state index contributed by atoms with van der Waals surface area (Å²) in [4.78, 5) is 14.9. The Kier molecular flexibility index (Phi) is 7.62. The van der Waals surface area contributed by atoms with Gasteiger partial charge in [0.1, 0.15) is 5.82 Å². The highest BCUT2D eigenvalue weighted by atomic mass is 79.9. The molecule has 2 saturated heterocycles. The molecule has 0 saturated carbocycles. The summed E-state index contributed by atoms with van der Waals surface area (Å²) >= 11 is 3.21. The molecule has 0 aliphatic carbocycles. The van der Waals surface area contributed by atoms with E-state index in [9.17, 15) is 17.6 Å². The highest BCUT2D eigenvalue weighted by Crippen LogP contribution is 2.40. The molecule has 1 amide bonds. The molecule has 11 heteroatoms. The van der Waals surface area contributed by atoms with Gasteiger partial charge in [-0.15, -0.1) is 0 Å². The quantitative estimate of drug-likeness (QED) is 0.380. The maximum Gasteiger partial charge on any atom is 0.298 e. The van der Waals surface area contributed by atoms with E-state index in [4.69, 9.17) is 5.73 Å². The van der Waals surface area contributed by atoms with Gasteiger partial charge in [-0.2, -0.15) is 13.5 Å². The molecular weight excluding hydrogens is 595 g/mol. The number of halogens is 4. The van der Waals surface area contributed by atoms with Crippen molar-refractivity contribution in [3.63, 3.8) is 0 Å². The molecule has 3 aromatic carbocycles. The minimum atomic E-state index is -4.54. The first kappa shape index (κ1) is 27.8. The smallest absolute Gasteiger partial charge is 0.298 e. The van der Waals surface area contributed by atoms with Crippen LogP contribution in [0.5, 0.6) is 0 Å². The van der Waals surface area contributed by atoms with E-state index >= 15 is 8.78 Å². The van der Waals surface area contributed by atoms with Gasteiger partial charge >= 0.3 is 0 Å². The van der Waals surface area contributed by atoms with Crippen LogP contribution in [-0.2, 0) is 20.7 Å². The molecule has 5 rings (SSSR count). The molecule has 3 aromatic rings. The van der Waals surface area contributed by atoms with Gasteiger partial charge in [0.25, 0.3) is 5.92 Å². The average Bonchev–Trinajstić information content (AvgIpc) is 3.18.